The van der Waals surface area contributed by atoms with E-state index in [1.165, 1.54) is 11.6 Å². The summed E-state index contributed by atoms with van der Waals surface area (Å²) in [4.78, 5) is 9.43. The molecule has 0 aromatic heterocycles. The van der Waals surface area contributed by atoms with Gasteiger partial charge in [0, 0.05) is 28.4 Å². The molecular formula is C10H9Cl2NO5S. The largest absolute Gasteiger partial charge is 0.488 e. The lowest BCUT2D eigenvalue weighted by atomic mass is 10.3. The predicted octanol–water partition coefficient (Wildman–Crippen LogP) is 3.04. The fraction of sp³-hybridized carbons (Fsp3) is 0.200. The van der Waals surface area contributed by atoms with Gasteiger partial charge >= 0.3 is 0 Å². The van der Waals surface area contributed by atoms with Gasteiger partial charge in [-0.3, -0.25) is 10.1 Å². The van der Waals surface area contributed by atoms with Gasteiger partial charge in [-0.2, -0.15) is 0 Å². The van der Waals surface area contributed by atoms with E-state index in [1.54, 1.807) is 6.92 Å². The quantitative estimate of drug-likeness (QED) is 0.471. The Hall–Kier alpha value is -1.31. The lowest BCUT2D eigenvalue weighted by Gasteiger charge is -2.09. The Balaban J connectivity index is 3.21. The molecule has 1 rings (SSSR count). The first kappa shape index (κ1) is 15.7. The Morgan fingerprint density at radius 2 is 2.16 bits per heavy atom. The van der Waals surface area contributed by atoms with Crippen molar-refractivity contribution in [1.82, 2.24) is 0 Å². The fourth-order valence-electron chi connectivity index (χ4n) is 1.14. The molecule has 0 aliphatic heterocycles. The molecule has 0 heterocycles. The van der Waals surface area contributed by atoms with E-state index in [4.69, 9.17) is 27.0 Å². The highest BCUT2D eigenvalue weighted by atomic mass is 35.7. The highest BCUT2D eigenvalue weighted by Crippen LogP contribution is 2.31. The minimum atomic E-state index is -4.15. The third-order valence-corrected chi connectivity index (χ3v) is 3.76. The van der Waals surface area contributed by atoms with Crippen LogP contribution >= 0.6 is 22.3 Å². The van der Waals surface area contributed by atoms with Crippen LogP contribution in [-0.2, 0) is 9.05 Å². The van der Waals surface area contributed by atoms with Gasteiger partial charge in [0.1, 0.15) is 17.3 Å². The Labute approximate surface area is 119 Å². The maximum atomic E-state index is 11.4. The smallest absolute Gasteiger partial charge is 0.271 e. The first-order valence-electron chi connectivity index (χ1n) is 4.87. The average molecular weight is 326 g/mol. The molecule has 0 fully saturated rings. The third kappa shape index (κ3) is 4.38. The van der Waals surface area contributed by atoms with E-state index < -0.39 is 24.6 Å². The van der Waals surface area contributed by atoms with Gasteiger partial charge in [0.15, 0.2) is 0 Å². The molecule has 104 valence electrons. The molecule has 0 saturated carbocycles. The Morgan fingerprint density at radius 3 is 2.63 bits per heavy atom. The Bertz CT molecular complexity index is 627. The molecule has 0 unspecified atom stereocenters. The molecular weight excluding hydrogens is 317 g/mol. The number of benzene rings is 1. The van der Waals surface area contributed by atoms with Crippen LogP contribution in [0.5, 0.6) is 5.75 Å². The standard InChI is InChI=1S/C10H9Cl2NO5S/c1-7(5-11)6-18-9-3-2-8(13(14)15)4-10(9)19(12,16)17/h2-5H,6H2,1H3/b7-5-. The van der Waals surface area contributed by atoms with Crippen LogP contribution in [0.15, 0.2) is 34.2 Å². The normalized spacial score (nSPS) is 12.3. The summed E-state index contributed by atoms with van der Waals surface area (Å²) in [5.41, 5.74) is 1.54. The summed E-state index contributed by atoms with van der Waals surface area (Å²) in [6, 6.07) is 3.15. The molecule has 0 amide bonds. The minimum absolute atomic E-state index is 0.0424. The third-order valence-electron chi connectivity index (χ3n) is 2.04. The van der Waals surface area contributed by atoms with Gasteiger partial charge in [0.05, 0.1) is 4.92 Å². The van der Waals surface area contributed by atoms with Gasteiger partial charge in [-0.25, -0.2) is 8.42 Å². The molecule has 0 atom stereocenters. The zero-order valence-electron chi connectivity index (χ0n) is 9.67. The van der Waals surface area contributed by atoms with E-state index >= 15 is 0 Å². The van der Waals surface area contributed by atoms with E-state index in [2.05, 4.69) is 0 Å². The summed E-state index contributed by atoms with van der Waals surface area (Å²) in [6.45, 7) is 1.72. The number of hydrogen-bond acceptors (Lipinski definition) is 5. The van der Waals surface area contributed by atoms with Crippen LogP contribution in [-0.4, -0.2) is 19.9 Å². The second kappa shape index (κ2) is 6.23. The zero-order chi connectivity index (χ0) is 14.6. The van der Waals surface area contributed by atoms with Crippen molar-refractivity contribution >= 4 is 37.0 Å². The number of non-ortho nitro benzene ring substituents is 1. The second-order valence-electron chi connectivity index (χ2n) is 3.57. The topological polar surface area (TPSA) is 86.5 Å². The van der Waals surface area contributed by atoms with Crippen LogP contribution in [0.3, 0.4) is 0 Å². The molecule has 0 aliphatic rings. The van der Waals surface area contributed by atoms with Crippen LogP contribution in [0.2, 0.25) is 0 Å². The summed E-state index contributed by atoms with van der Waals surface area (Å²) >= 11 is 5.44. The molecule has 0 bridgehead atoms. The molecule has 0 saturated heterocycles. The first-order chi connectivity index (χ1) is 8.75. The van der Waals surface area contributed by atoms with Crippen molar-refractivity contribution in [3.05, 3.63) is 39.4 Å². The Morgan fingerprint density at radius 1 is 1.53 bits per heavy atom. The molecule has 0 radical (unpaired) electrons. The van der Waals surface area contributed by atoms with Gasteiger partial charge in [0.25, 0.3) is 14.7 Å². The van der Waals surface area contributed by atoms with Crippen LogP contribution in [0, 0.1) is 10.1 Å². The summed E-state index contributed by atoms with van der Waals surface area (Å²) in [5, 5.41) is 10.6. The van der Waals surface area contributed by atoms with Gasteiger partial charge < -0.3 is 4.74 Å². The van der Waals surface area contributed by atoms with Crippen molar-refractivity contribution in [1.29, 1.82) is 0 Å². The fourth-order valence-corrected chi connectivity index (χ4v) is 2.20. The molecule has 19 heavy (non-hydrogen) atoms. The second-order valence-corrected chi connectivity index (χ2v) is 6.32. The maximum Gasteiger partial charge on any atom is 0.271 e. The minimum Gasteiger partial charge on any atom is -0.488 e. The Kier molecular flexibility index (Phi) is 5.16. The summed E-state index contributed by atoms with van der Waals surface area (Å²) < 4.78 is 27.9. The number of nitro groups is 1. The monoisotopic (exact) mass is 325 g/mol. The highest BCUT2D eigenvalue weighted by molar-refractivity contribution is 8.13. The van der Waals surface area contributed by atoms with E-state index in [-0.39, 0.29) is 12.4 Å². The van der Waals surface area contributed by atoms with Crippen molar-refractivity contribution in [3.8, 4) is 5.75 Å². The van der Waals surface area contributed by atoms with E-state index in [1.807, 2.05) is 0 Å². The van der Waals surface area contributed by atoms with Crippen LogP contribution in [0.4, 0.5) is 5.69 Å². The lowest BCUT2D eigenvalue weighted by Crippen LogP contribution is -2.03. The SMILES string of the molecule is C/C(=C/Cl)COc1ccc([N+](=O)[O-])cc1S(=O)(=O)Cl. The molecule has 6 nitrogen and oxygen atoms in total. The predicted molar refractivity (Wildman–Crippen MR) is 71.2 cm³/mol. The van der Waals surface area contributed by atoms with Crippen molar-refractivity contribution in [2.45, 2.75) is 11.8 Å². The number of halogens is 2. The summed E-state index contributed by atoms with van der Waals surface area (Å²) in [6.07, 6.45) is 0. The van der Waals surface area contributed by atoms with Crippen molar-refractivity contribution < 1.29 is 18.1 Å². The zero-order valence-corrected chi connectivity index (χ0v) is 12.0. The van der Waals surface area contributed by atoms with Gasteiger partial charge in [-0.15, -0.1) is 0 Å². The number of nitrogens with zero attached hydrogens (tertiary/aromatic N) is 1. The van der Waals surface area contributed by atoms with Gasteiger partial charge in [-0.1, -0.05) is 11.6 Å². The van der Waals surface area contributed by atoms with E-state index in [9.17, 15) is 18.5 Å². The molecule has 1 aromatic rings. The van der Waals surface area contributed by atoms with Crippen LogP contribution < -0.4 is 4.74 Å². The van der Waals surface area contributed by atoms with E-state index in [0.29, 0.717) is 5.57 Å². The molecule has 0 N–H and O–H groups in total. The van der Waals surface area contributed by atoms with Crippen molar-refractivity contribution in [3.63, 3.8) is 0 Å². The molecule has 0 spiro atoms. The summed E-state index contributed by atoms with van der Waals surface area (Å²) in [5.74, 6) is -0.0709. The van der Waals surface area contributed by atoms with E-state index in [0.717, 1.165) is 12.1 Å². The highest BCUT2D eigenvalue weighted by Gasteiger charge is 2.21. The first-order valence-corrected chi connectivity index (χ1v) is 7.62. The molecule has 1 aromatic carbocycles. The van der Waals surface area contributed by atoms with Crippen LogP contribution in [0.25, 0.3) is 0 Å². The van der Waals surface area contributed by atoms with Crippen molar-refractivity contribution in [2.75, 3.05) is 6.61 Å². The average Bonchev–Trinajstić information content (AvgIpc) is 2.34. The van der Waals surface area contributed by atoms with Crippen LogP contribution in [0.1, 0.15) is 6.92 Å². The maximum absolute atomic E-state index is 11.4. The van der Waals surface area contributed by atoms with Gasteiger partial charge in [0.2, 0.25) is 0 Å². The number of hydrogen-bond donors (Lipinski definition) is 0. The van der Waals surface area contributed by atoms with Gasteiger partial charge in [-0.05, 0) is 18.6 Å². The number of rotatable bonds is 5. The number of ether oxygens (including phenoxy) is 1. The summed E-state index contributed by atoms with van der Waals surface area (Å²) in [7, 11) is 1.06. The number of nitro benzene ring substituents is 1. The van der Waals surface area contributed by atoms with Crippen molar-refractivity contribution in [2.24, 2.45) is 0 Å². The molecule has 0 aliphatic carbocycles. The molecule has 9 heteroatoms. The lowest BCUT2D eigenvalue weighted by molar-refractivity contribution is -0.385.